The van der Waals surface area contributed by atoms with Gasteiger partial charge in [0.1, 0.15) is 0 Å². The molecule has 4 aromatic rings. The molecule has 6 rings (SSSR count). The van der Waals surface area contributed by atoms with E-state index in [0.29, 0.717) is 16.8 Å². The Morgan fingerprint density at radius 1 is 0.523 bits per heavy atom. The molecule has 230 valence electrons. The smallest absolute Gasteiger partial charge is 0.0135 e. The van der Waals surface area contributed by atoms with E-state index in [2.05, 4.69) is 150 Å². The molecular weight excluding hydrogens is 671 g/mol. The molecule has 0 fully saturated rings. The maximum atomic E-state index is 2.60. The fraction of sp³-hybridized carbons (Fsp3) is 0.300. The molecule has 0 N–H and O–H groups in total. The van der Waals surface area contributed by atoms with E-state index in [9.17, 15) is 0 Å². The largest absolute Gasteiger partial charge is 1.00 e. The van der Waals surface area contributed by atoms with Crippen LogP contribution in [0.15, 0.2) is 108 Å². The van der Waals surface area contributed by atoms with Crippen LogP contribution in [0.25, 0.3) is 34.4 Å². The minimum Gasteiger partial charge on any atom is -1.00 e. The molecule has 0 radical (unpaired) electrons. The van der Waals surface area contributed by atoms with Gasteiger partial charge in [-0.25, -0.2) is 0 Å². The van der Waals surface area contributed by atoms with Gasteiger partial charge in [-0.3, -0.25) is 0 Å². The molecular formula is C40H48Cl2SiZr. The molecule has 4 heteroatoms. The summed E-state index contributed by atoms with van der Waals surface area (Å²) in [6.45, 7) is 14.4. The molecule has 0 nitrogen and oxygen atoms in total. The van der Waals surface area contributed by atoms with Crippen LogP contribution in [0.5, 0.6) is 0 Å². The van der Waals surface area contributed by atoms with Crippen molar-refractivity contribution in [1.29, 1.82) is 0 Å². The zero-order valence-electron chi connectivity index (χ0n) is 27.3. The Labute approximate surface area is 286 Å². The average Bonchev–Trinajstić information content (AvgIpc) is 3.63. The summed E-state index contributed by atoms with van der Waals surface area (Å²) in [4.78, 5) is 0. The molecule has 2 aliphatic carbocycles. The van der Waals surface area contributed by atoms with E-state index < -0.39 is 20.3 Å². The molecule has 0 saturated heterocycles. The third-order valence-electron chi connectivity index (χ3n) is 9.76. The summed E-state index contributed by atoms with van der Waals surface area (Å²) < 4.78 is 3.98. The van der Waals surface area contributed by atoms with Crippen molar-refractivity contribution in [2.24, 2.45) is 0 Å². The Balaban J connectivity index is 0.00000102. The van der Waals surface area contributed by atoms with Gasteiger partial charge >= 0.3 is 241 Å². The number of hydrogen-bond acceptors (Lipinski definition) is 0. The summed E-state index contributed by atoms with van der Waals surface area (Å²) in [5.41, 5.74) is 15.1. The van der Waals surface area contributed by atoms with Gasteiger partial charge in [-0.15, -0.1) is 0 Å². The van der Waals surface area contributed by atoms with Crippen molar-refractivity contribution >= 4 is 21.7 Å². The van der Waals surface area contributed by atoms with Gasteiger partial charge in [0, 0.05) is 9.52 Å². The van der Waals surface area contributed by atoms with Crippen LogP contribution in [-0.2, 0) is 20.3 Å². The molecule has 0 amide bonds. The van der Waals surface area contributed by atoms with Crippen molar-refractivity contribution in [1.82, 2.24) is 0 Å². The second-order valence-corrected chi connectivity index (χ2v) is 25.8. The summed E-state index contributed by atoms with van der Waals surface area (Å²) in [5.74, 6) is 0. The van der Waals surface area contributed by atoms with Crippen LogP contribution in [0.1, 0.15) is 70.0 Å². The second-order valence-electron chi connectivity index (χ2n) is 12.0. The predicted octanol–water partition coefficient (Wildman–Crippen LogP) is 5.71. The van der Waals surface area contributed by atoms with E-state index in [1.54, 1.807) is 22.3 Å². The standard InChI is InChI=1S/2C17H15.C2H8Si.2C2H5.2ClH.Zr/c2*1-2-13-11-15-9-6-10-16(17(15)12-13)14-7-4-3-5-8-14;1-3-2;2*1-2;;;/h2*3-12H,2H2,1H3;3H2,1-2H3;2*1H2,2H3;2*1H;/q;;;;;;;+2/p-2. The summed E-state index contributed by atoms with van der Waals surface area (Å²) >= 11 is -2.98. The average molecular weight is 719 g/mol. The summed E-state index contributed by atoms with van der Waals surface area (Å²) in [7, 11) is 0.417. The number of benzene rings is 4. The third-order valence-corrected chi connectivity index (χ3v) is 25.2. The fourth-order valence-corrected chi connectivity index (χ4v) is 23.3. The minimum atomic E-state index is -2.98. The maximum Gasteiger partial charge on any atom is 0.0135 e. The number of fused-ring (bicyclic) bond motifs is 2. The molecule has 44 heavy (non-hydrogen) atoms. The first-order valence-corrected chi connectivity index (χ1v) is 25.5. The van der Waals surface area contributed by atoms with E-state index in [-0.39, 0.29) is 24.8 Å². The van der Waals surface area contributed by atoms with Crippen molar-refractivity contribution in [3.8, 4) is 22.3 Å². The van der Waals surface area contributed by atoms with Crippen LogP contribution in [-0.4, -0.2) is 9.52 Å². The van der Waals surface area contributed by atoms with Gasteiger partial charge < -0.3 is 24.8 Å². The van der Waals surface area contributed by atoms with Crippen LogP contribution in [0, 0.1) is 0 Å². The van der Waals surface area contributed by atoms with Crippen LogP contribution in [0.2, 0.25) is 21.4 Å². The van der Waals surface area contributed by atoms with Gasteiger partial charge in [-0.1, -0.05) is 13.1 Å². The van der Waals surface area contributed by atoms with E-state index in [1.165, 1.54) is 41.6 Å². The molecule has 4 aromatic carbocycles. The Morgan fingerprint density at radius 2 is 0.886 bits per heavy atom. The van der Waals surface area contributed by atoms with Gasteiger partial charge in [-0.2, -0.15) is 0 Å². The Bertz CT molecular complexity index is 1460. The number of halogens is 2. The minimum absolute atomic E-state index is 0. The zero-order chi connectivity index (χ0) is 29.7. The number of rotatable bonds is 8. The molecule has 0 heterocycles. The van der Waals surface area contributed by atoms with Crippen molar-refractivity contribution in [2.75, 3.05) is 0 Å². The van der Waals surface area contributed by atoms with E-state index in [1.807, 2.05) is 0 Å². The summed E-state index contributed by atoms with van der Waals surface area (Å²) in [5, 5.41) is 0. The van der Waals surface area contributed by atoms with Crippen molar-refractivity contribution in [2.45, 2.75) is 69.1 Å². The SMILES string of the molecule is CCC1=Cc2c(-c3ccccc3)cccc2[CH]1[Zr+2]([CH2]C)([CH2]C)[CH]1C(CC)=Cc2c(-c3ccccc3)cccc21.C[SiH2]C.[Cl-].[Cl-]. The van der Waals surface area contributed by atoms with Crippen LogP contribution < -0.4 is 24.8 Å². The van der Waals surface area contributed by atoms with Crippen molar-refractivity contribution in [3.63, 3.8) is 0 Å². The van der Waals surface area contributed by atoms with Gasteiger partial charge in [0.15, 0.2) is 0 Å². The first-order chi connectivity index (χ1) is 20.6. The molecule has 2 atom stereocenters. The zero-order valence-corrected chi connectivity index (χ0v) is 32.7. The Morgan fingerprint density at radius 3 is 1.20 bits per heavy atom. The normalized spacial score (nSPS) is 16.0. The van der Waals surface area contributed by atoms with Crippen LogP contribution >= 0.6 is 0 Å². The second kappa shape index (κ2) is 16.6. The molecule has 0 bridgehead atoms. The Kier molecular flexibility index (Phi) is 13.7. The summed E-state index contributed by atoms with van der Waals surface area (Å²) in [6.07, 6.45) is 7.48. The summed E-state index contributed by atoms with van der Waals surface area (Å²) in [6, 6.07) is 36.3. The number of allylic oxidation sites excluding steroid dienone is 2. The van der Waals surface area contributed by atoms with E-state index in [4.69, 9.17) is 0 Å². The van der Waals surface area contributed by atoms with Crippen molar-refractivity contribution < 1.29 is 45.1 Å². The molecule has 0 saturated carbocycles. The maximum absolute atomic E-state index is 2.98. The van der Waals surface area contributed by atoms with E-state index in [0.717, 1.165) is 12.8 Å². The molecule has 2 aliphatic rings. The first kappa shape index (κ1) is 36.5. The fourth-order valence-electron chi connectivity index (χ4n) is 7.87. The van der Waals surface area contributed by atoms with Gasteiger partial charge in [0.05, 0.1) is 0 Å². The molecule has 2 unspecified atom stereocenters. The molecule has 0 aromatic heterocycles. The first-order valence-electron chi connectivity index (χ1n) is 16.4. The monoisotopic (exact) mass is 716 g/mol. The topological polar surface area (TPSA) is 0 Å². The number of hydrogen-bond donors (Lipinski definition) is 0. The predicted molar refractivity (Wildman–Crippen MR) is 187 cm³/mol. The van der Waals surface area contributed by atoms with Crippen molar-refractivity contribution in [3.05, 3.63) is 130 Å². The van der Waals surface area contributed by atoms with Gasteiger partial charge in [0.2, 0.25) is 0 Å². The van der Waals surface area contributed by atoms with Crippen LogP contribution in [0.3, 0.4) is 0 Å². The Hall–Kier alpha value is -1.96. The third kappa shape index (κ3) is 6.62. The molecule has 0 spiro atoms. The van der Waals surface area contributed by atoms with E-state index >= 15 is 0 Å². The van der Waals surface area contributed by atoms with Crippen LogP contribution in [0.4, 0.5) is 0 Å². The van der Waals surface area contributed by atoms with Gasteiger partial charge in [0.25, 0.3) is 0 Å². The van der Waals surface area contributed by atoms with Gasteiger partial charge in [-0.05, 0) is 0 Å². The molecule has 0 aliphatic heterocycles. The quantitative estimate of drug-likeness (QED) is 0.205.